The van der Waals surface area contributed by atoms with E-state index in [1.165, 1.54) is 11.1 Å². The van der Waals surface area contributed by atoms with Crippen LogP contribution in [0.4, 0.5) is 0 Å². The van der Waals surface area contributed by atoms with Crippen LogP contribution < -0.4 is 10.1 Å². The minimum atomic E-state index is 0. The van der Waals surface area contributed by atoms with Gasteiger partial charge in [0.25, 0.3) is 0 Å². The molecule has 1 aliphatic heterocycles. The average molecular weight is 449 g/mol. The van der Waals surface area contributed by atoms with Crippen molar-refractivity contribution in [2.45, 2.75) is 13.0 Å². The molecule has 0 bridgehead atoms. The molecule has 0 aliphatic carbocycles. The number of piperazine rings is 1. The molecule has 1 N–H and O–H groups in total. The van der Waals surface area contributed by atoms with E-state index in [1.54, 1.807) is 6.20 Å². The molecule has 4 nitrogen and oxygen atoms in total. The first-order valence-electron chi connectivity index (χ1n) is 8.05. The molecule has 7 heteroatoms. The number of rotatable bonds is 6. The fourth-order valence-corrected chi connectivity index (χ4v) is 2.89. The van der Waals surface area contributed by atoms with Crippen LogP contribution in [0.25, 0.3) is 0 Å². The van der Waals surface area contributed by atoms with Crippen molar-refractivity contribution >= 4 is 40.7 Å². The highest BCUT2D eigenvalue weighted by atomic mass is 79.9. The summed E-state index contributed by atoms with van der Waals surface area (Å²) in [6.07, 6.45) is 2.64. The normalized spacial score (nSPS) is 14.3. The van der Waals surface area contributed by atoms with E-state index in [1.807, 2.05) is 12.1 Å². The van der Waals surface area contributed by atoms with Gasteiger partial charge >= 0.3 is 0 Å². The molecule has 0 unspecified atom stereocenters. The summed E-state index contributed by atoms with van der Waals surface area (Å²) in [6.45, 7) is 6.15. The molecule has 1 fully saturated rings. The first kappa shape index (κ1) is 22.2. The van der Waals surface area contributed by atoms with Crippen LogP contribution in [0.2, 0.25) is 0 Å². The Kier molecular flexibility index (Phi) is 10.4. The van der Waals surface area contributed by atoms with E-state index in [2.05, 4.69) is 55.4 Å². The maximum absolute atomic E-state index is 5.67. The second-order valence-corrected chi connectivity index (χ2v) is 6.67. The van der Waals surface area contributed by atoms with Crippen molar-refractivity contribution in [3.05, 3.63) is 58.2 Å². The third kappa shape index (κ3) is 7.50. The SMILES string of the molecule is Brc1ccc(OCCc2ccc(CN3CCNCC3)cc2)nc1.Cl.Cl. The quantitative estimate of drug-likeness (QED) is 0.730. The molecule has 3 rings (SSSR count). The summed E-state index contributed by atoms with van der Waals surface area (Å²) in [5.74, 6) is 0.670. The van der Waals surface area contributed by atoms with Gasteiger partial charge in [-0.25, -0.2) is 4.98 Å². The fourth-order valence-electron chi connectivity index (χ4n) is 2.66. The van der Waals surface area contributed by atoms with Gasteiger partial charge in [-0.3, -0.25) is 4.90 Å². The lowest BCUT2D eigenvalue weighted by molar-refractivity contribution is 0.233. The topological polar surface area (TPSA) is 37.4 Å². The highest BCUT2D eigenvalue weighted by molar-refractivity contribution is 9.10. The number of nitrogens with zero attached hydrogens (tertiary/aromatic N) is 2. The third-order valence-electron chi connectivity index (χ3n) is 3.98. The summed E-state index contributed by atoms with van der Waals surface area (Å²) in [5, 5.41) is 3.39. The zero-order chi connectivity index (χ0) is 15.9. The van der Waals surface area contributed by atoms with Crippen molar-refractivity contribution in [1.29, 1.82) is 0 Å². The molecule has 0 amide bonds. The average Bonchev–Trinajstić information content (AvgIpc) is 2.59. The van der Waals surface area contributed by atoms with E-state index >= 15 is 0 Å². The smallest absolute Gasteiger partial charge is 0.213 e. The first-order valence-corrected chi connectivity index (χ1v) is 8.84. The summed E-state index contributed by atoms with van der Waals surface area (Å²) in [7, 11) is 0. The number of halogens is 3. The molecule has 2 aromatic rings. The number of hydrogen-bond donors (Lipinski definition) is 1. The summed E-state index contributed by atoms with van der Waals surface area (Å²) in [5.41, 5.74) is 2.68. The van der Waals surface area contributed by atoms with Crippen LogP contribution in [-0.2, 0) is 13.0 Å². The number of hydrogen-bond acceptors (Lipinski definition) is 4. The number of ether oxygens (including phenoxy) is 1. The van der Waals surface area contributed by atoms with Crippen molar-refractivity contribution in [3.8, 4) is 5.88 Å². The van der Waals surface area contributed by atoms with Crippen LogP contribution in [0.15, 0.2) is 47.1 Å². The Labute approximate surface area is 170 Å². The molecule has 0 spiro atoms. The van der Waals surface area contributed by atoms with Gasteiger partial charge in [0.05, 0.1) is 6.61 Å². The van der Waals surface area contributed by atoms with Gasteiger partial charge in [-0.1, -0.05) is 24.3 Å². The highest BCUT2D eigenvalue weighted by Crippen LogP contribution is 2.13. The van der Waals surface area contributed by atoms with Crippen molar-refractivity contribution in [2.75, 3.05) is 32.8 Å². The first-order chi connectivity index (χ1) is 11.3. The van der Waals surface area contributed by atoms with E-state index in [0.29, 0.717) is 12.5 Å². The zero-order valence-corrected chi connectivity index (χ0v) is 17.2. The van der Waals surface area contributed by atoms with Gasteiger partial charge in [0.15, 0.2) is 0 Å². The largest absolute Gasteiger partial charge is 0.477 e. The van der Waals surface area contributed by atoms with Crippen molar-refractivity contribution in [3.63, 3.8) is 0 Å². The number of nitrogens with one attached hydrogen (secondary N) is 1. The standard InChI is InChI=1S/C18H22BrN3O.2ClH/c19-17-5-6-18(21-13-17)23-12-7-15-1-3-16(4-2-15)14-22-10-8-20-9-11-22;;/h1-6,13,20H,7-12,14H2;2*1H. The minimum Gasteiger partial charge on any atom is -0.477 e. The number of pyridine rings is 1. The highest BCUT2D eigenvalue weighted by Gasteiger charge is 2.09. The van der Waals surface area contributed by atoms with Gasteiger partial charge in [0, 0.05) is 55.9 Å². The van der Waals surface area contributed by atoms with Crippen LogP contribution in [-0.4, -0.2) is 42.7 Å². The third-order valence-corrected chi connectivity index (χ3v) is 4.45. The lowest BCUT2D eigenvalue weighted by Gasteiger charge is -2.27. The van der Waals surface area contributed by atoms with Crippen LogP contribution in [0.3, 0.4) is 0 Å². The molecule has 0 saturated carbocycles. The Morgan fingerprint density at radius 3 is 2.32 bits per heavy atom. The molecule has 1 aromatic heterocycles. The molecule has 1 aromatic carbocycles. The van der Waals surface area contributed by atoms with Crippen LogP contribution in [0.5, 0.6) is 5.88 Å². The summed E-state index contributed by atoms with van der Waals surface area (Å²) in [4.78, 5) is 6.70. The Balaban J connectivity index is 0.00000156. The van der Waals surface area contributed by atoms with E-state index in [9.17, 15) is 0 Å². The van der Waals surface area contributed by atoms with E-state index < -0.39 is 0 Å². The Morgan fingerprint density at radius 2 is 1.68 bits per heavy atom. The maximum Gasteiger partial charge on any atom is 0.213 e. The molecule has 1 saturated heterocycles. The molecule has 0 atom stereocenters. The van der Waals surface area contributed by atoms with Gasteiger partial charge in [-0.2, -0.15) is 0 Å². The van der Waals surface area contributed by atoms with Gasteiger partial charge in [-0.05, 0) is 33.1 Å². The van der Waals surface area contributed by atoms with Crippen molar-refractivity contribution < 1.29 is 4.74 Å². The van der Waals surface area contributed by atoms with Gasteiger partial charge in [0.1, 0.15) is 0 Å². The number of benzene rings is 1. The minimum absolute atomic E-state index is 0. The molecular weight excluding hydrogens is 425 g/mol. The number of aromatic nitrogens is 1. The maximum atomic E-state index is 5.67. The van der Waals surface area contributed by atoms with Crippen molar-refractivity contribution in [2.24, 2.45) is 0 Å². The van der Waals surface area contributed by atoms with Crippen molar-refractivity contribution in [1.82, 2.24) is 15.2 Å². The monoisotopic (exact) mass is 447 g/mol. The molecule has 2 heterocycles. The van der Waals surface area contributed by atoms with Crippen LogP contribution in [0, 0.1) is 0 Å². The summed E-state index contributed by atoms with van der Waals surface area (Å²) < 4.78 is 6.63. The predicted octanol–water partition coefficient (Wildman–Crippen LogP) is 3.71. The summed E-state index contributed by atoms with van der Waals surface area (Å²) >= 11 is 3.37. The van der Waals surface area contributed by atoms with Crippen LogP contribution >= 0.6 is 40.7 Å². The van der Waals surface area contributed by atoms with E-state index in [4.69, 9.17) is 4.74 Å². The van der Waals surface area contributed by atoms with E-state index in [-0.39, 0.29) is 24.8 Å². The summed E-state index contributed by atoms with van der Waals surface area (Å²) in [6, 6.07) is 12.7. The van der Waals surface area contributed by atoms with Gasteiger partial charge in [-0.15, -0.1) is 24.8 Å². The van der Waals surface area contributed by atoms with Gasteiger partial charge in [0.2, 0.25) is 5.88 Å². The Bertz CT molecular complexity index is 605. The lowest BCUT2D eigenvalue weighted by Crippen LogP contribution is -2.42. The predicted molar refractivity (Wildman–Crippen MR) is 110 cm³/mol. The molecule has 1 aliphatic rings. The zero-order valence-electron chi connectivity index (χ0n) is 14.0. The molecule has 25 heavy (non-hydrogen) atoms. The second-order valence-electron chi connectivity index (χ2n) is 5.76. The molecule has 138 valence electrons. The molecule has 0 radical (unpaired) electrons. The van der Waals surface area contributed by atoms with Gasteiger partial charge < -0.3 is 10.1 Å². The van der Waals surface area contributed by atoms with Crippen LogP contribution in [0.1, 0.15) is 11.1 Å². The fraction of sp³-hybridized carbons (Fsp3) is 0.389. The lowest BCUT2D eigenvalue weighted by atomic mass is 10.1. The Morgan fingerprint density at radius 1 is 1.00 bits per heavy atom. The second kappa shape index (κ2) is 11.7. The van der Waals surface area contributed by atoms with E-state index in [0.717, 1.165) is 43.6 Å². The molecular formula is C18H24BrCl2N3O. The Hall–Kier alpha value is -0.850.